The first-order valence-corrected chi connectivity index (χ1v) is 12.3. The highest BCUT2D eigenvalue weighted by Gasteiger charge is 2.41. The van der Waals surface area contributed by atoms with E-state index in [4.69, 9.17) is 0 Å². The van der Waals surface area contributed by atoms with E-state index in [0.717, 1.165) is 42.5 Å². The minimum absolute atomic E-state index is 0.0616. The van der Waals surface area contributed by atoms with Crippen molar-refractivity contribution in [2.45, 2.75) is 70.1 Å². The molecule has 1 amide bonds. The third kappa shape index (κ3) is 3.59. The van der Waals surface area contributed by atoms with Crippen LogP contribution in [0.25, 0.3) is 0 Å². The van der Waals surface area contributed by atoms with Crippen LogP contribution in [0.4, 0.5) is 9.39 Å². The Hall–Kier alpha value is -2.78. The van der Waals surface area contributed by atoms with Crippen LogP contribution in [-0.2, 0) is 22.4 Å². The molecule has 2 heterocycles. The molecule has 0 saturated carbocycles. The highest BCUT2D eigenvalue weighted by molar-refractivity contribution is 7.16. The van der Waals surface area contributed by atoms with Crippen molar-refractivity contribution in [1.29, 1.82) is 5.26 Å². The maximum Gasteiger partial charge on any atom is 0.232 e. The van der Waals surface area contributed by atoms with Gasteiger partial charge in [0.2, 0.25) is 5.91 Å². The zero-order valence-corrected chi connectivity index (χ0v) is 18.8. The fourth-order valence-electron chi connectivity index (χ4n) is 5.39. The van der Waals surface area contributed by atoms with Gasteiger partial charge in [0.05, 0.1) is 5.56 Å². The molecule has 5 rings (SSSR count). The van der Waals surface area contributed by atoms with Gasteiger partial charge < -0.3 is 0 Å². The summed E-state index contributed by atoms with van der Waals surface area (Å²) in [5.41, 5.74) is 3.93. The molecule has 1 atom stereocenters. The summed E-state index contributed by atoms with van der Waals surface area (Å²) >= 11 is 1.56. The Kier molecular flexibility index (Phi) is 5.69. The number of ketones is 1. The Morgan fingerprint density at radius 2 is 1.72 bits per heavy atom. The molecule has 32 heavy (non-hydrogen) atoms. The number of thiophene rings is 1. The zero-order chi connectivity index (χ0) is 22.2. The number of hydrogen-bond acceptors (Lipinski definition) is 4. The first-order chi connectivity index (χ1) is 15.6. The van der Waals surface area contributed by atoms with Crippen molar-refractivity contribution in [3.63, 3.8) is 0 Å². The number of carbonyl (C=O) groups is 2. The molecule has 6 heteroatoms. The van der Waals surface area contributed by atoms with Gasteiger partial charge in [0.1, 0.15) is 16.9 Å². The predicted octanol–water partition coefficient (Wildman–Crippen LogP) is 5.95. The van der Waals surface area contributed by atoms with E-state index < -0.39 is 0 Å². The van der Waals surface area contributed by atoms with Crippen molar-refractivity contribution < 1.29 is 14.0 Å². The summed E-state index contributed by atoms with van der Waals surface area (Å²) in [6.07, 6.45) is 8.30. The molecule has 1 aromatic heterocycles. The van der Waals surface area contributed by atoms with Gasteiger partial charge in [-0.2, -0.15) is 5.26 Å². The number of carbonyl (C=O) groups excluding carboxylic acids is 2. The Bertz CT molecular complexity index is 1160. The molecule has 3 aliphatic rings. The molecular weight excluding hydrogens is 423 g/mol. The van der Waals surface area contributed by atoms with Crippen molar-refractivity contribution in [2.24, 2.45) is 0 Å². The van der Waals surface area contributed by atoms with Crippen LogP contribution >= 0.6 is 11.3 Å². The molecule has 2 aromatic rings. The maximum atomic E-state index is 13.5. The number of fused-ring (bicyclic) bond motifs is 1. The van der Waals surface area contributed by atoms with Crippen LogP contribution in [0.15, 0.2) is 35.5 Å². The van der Waals surface area contributed by atoms with Gasteiger partial charge in [-0.3, -0.25) is 14.5 Å². The van der Waals surface area contributed by atoms with E-state index in [2.05, 4.69) is 6.07 Å². The van der Waals surface area contributed by atoms with Gasteiger partial charge in [-0.05, 0) is 61.8 Å². The average molecular weight is 449 g/mol. The number of nitrogens with zero attached hydrogens (tertiary/aromatic N) is 2. The maximum absolute atomic E-state index is 13.5. The topological polar surface area (TPSA) is 61.2 Å². The van der Waals surface area contributed by atoms with E-state index in [1.54, 1.807) is 28.4 Å². The lowest BCUT2D eigenvalue weighted by atomic mass is 9.77. The number of allylic oxidation sites excluding steroid dienone is 2. The summed E-state index contributed by atoms with van der Waals surface area (Å²) in [7, 11) is 0. The average Bonchev–Trinajstić information content (AvgIpc) is 3.09. The number of halogens is 1. The quantitative estimate of drug-likeness (QED) is 0.571. The molecule has 0 unspecified atom stereocenters. The second-order valence-electron chi connectivity index (χ2n) is 8.88. The van der Waals surface area contributed by atoms with Crippen LogP contribution in [-0.4, -0.2) is 11.7 Å². The van der Waals surface area contributed by atoms with Crippen molar-refractivity contribution in [1.82, 2.24) is 0 Å². The van der Waals surface area contributed by atoms with E-state index in [1.165, 1.54) is 29.9 Å². The Balaban J connectivity index is 1.65. The van der Waals surface area contributed by atoms with E-state index >= 15 is 0 Å². The molecule has 164 valence electrons. The number of hydrogen-bond donors (Lipinski definition) is 0. The van der Waals surface area contributed by atoms with Crippen molar-refractivity contribution in [2.75, 3.05) is 4.90 Å². The zero-order valence-electron chi connectivity index (χ0n) is 18.0. The molecule has 0 radical (unpaired) electrons. The van der Waals surface area contributed by atoms with Gasteiger partial charge in [0, 0.05) is 34.9 Å². The first kappa shape index (κ1) is 21.1. The fourth-order valence-corrected chi connectivity index (χ4v) is 6.77. The molecule has 0 saturated heterocycles. The fraction of sp³-hybridized carbons (Fsp3) is 0.423. The van der Waals surface area contributed by atoms with Gasteiger partial charge >= 0.3 is 0 Å². The standard InChI is InChI=1S/C26H25FN2O2S/c27-17-12-10-16(11-13-17)19-14-24(31)29(21-7-5-8-22(30)25(19)21)26-20(15-28)18-6-3-1-2-4-9-23(18)32-26/h10-13,19H,1-9,14H2/t19-/m1/s1. The monoisotopic (exact) mass is 448 g/mol. The van der Waals surface area contributed by atoms with Crippen molar-refractivity contribution in [3.8, 4) is 6.07 Å². The van der Waals surface area contributed by atoms with Crippen molar-refractivity contribution >= 4 is 28.0 Å². The summed E-state index contributed by atoms with van der Waals surface area (Å²) in [6.45, 7) is 0. The molecule has 4 nitrogen and oxygen atoms in total. The summed E-state index contributed by atoms with van der Waals surface area (Å²) < 4.78 is 13.5. The van der Waals surface area contributed by atoms with Crippen LogP contribution in [0.1, 0.15) is 78.9 Å². The SMILES string of the molecule is N#Cc1c(N2C(=O)C[C@H](c3ccc(F)cc3)C3=C2CCCC3=O)sc2c1CCCCCC2. The third-order valence-electron chi connectivity index (χ3n) is 6.92. The second-order valence-corrected chi connectivity index (χ2v) is 9.97. The van der Waals surface area contributed by atoms with E-state index in [-0.39, 0.29) is 29.8 Å². The summed E-state index contributed by atoms with van der Waals surface area (Å²) in [5.74, 6) is -0.713. The summed E-state index contributed by atoms with van der Waals surface area (Å²) in [4.78, 5) is 29.5. The number of benzene rings is 1. The molecule has 1 aliphatic heterocycles. The van der Waals surface area contributed by atoms with Crippen LogP contribution < -0.4 is 4.90 Å². The number of nitriles is 1. The predicted molar refractivity (Wildman–Crippen MR) is 122 cm³/mol. The van der Waals surface area contributed by atoms with Gasteiger partial charge in [-0.1, -0.05) is 25.0 Å². The summed E-state index contributed by atoms with van der Waals surface area (Å²) in [6, 6.07) is 8.50. The van der Waals surface area contributed by atoms with Gasteiger partial charge in [0.15, 0.2) is 5.78 Å². The van der Waals surface area contributed by atoms with E-state index in [0.29, 0.717) is 35.4 Å². The number of aryl methyl sites for hydroxylation is 1. The number of amides is 1. The van der Waals surface area contributed by atoms with Crippen LogP contribution in [0.3, 0.4) is 0 Å². The van der Waals surface area contributed by atoms with E-state index in [1.807, 2.05) is 0 Å². The Morgan fingerprint density at radius 1 is 0.969 bits per heavy atom. The minimum atomic E-state index is -0.353. The molecule has 0 fully saturated rings. The summed E-state index contributed by atoms with van der Waals surface area (Å²) in [5, 5.41) is 10.7. The lowest BCUT2D eigenvalue weighted by Crippen LogP contribution is -2.40. The molecule has 0 N–H and O–H groups in total. The Labute approximate surface area is 191 Å². The van der Waals surface area contributed by atoms with Gasteiger partial charge in [-0.15, -0.1) is 11.3 Å². The van der Waals surface area contributed by atoms with Crippen molar-refractivity contribution in [3.05, 3.63) is 62.9 Å². The lowest BCUT2D eigenvalue weighted by Gasteiger charge is -2.37. The second kappa shape index (κ2) is 8.63. The largest absolute Gasteiger partial charge is 0.294 e. The molecule has 2 aliphatic carbocycles. The third-order valence-corrected chi connectivity index (χ3v) is 8.19. The lowest BCUT2D eigenvalue weighted by molar-refractivity contribution is -0.119. The van der Waals surface area contributed by atoms with E-state index in [9.17, 15) is 19.2 Å². The normalized spacial score (nSPS) is 21.5. The first-order valence-electron chi connectivity index (χ1n) is 11.5. The van der Waals surface area contributed by atoms with Gasteiger partial charge in [0.25, 0.3) is 0 Å². The van der Waals surface area contributed by atoms with Crippen LogP contribution in [0, 0.1) is 17.1 Å². The number of anilines is 1. The highest BCUT2D eigenvalue weighted by Crippen LogP contribution is 2.47. The number of Topliss-reactive ketones (excluding diaryl/α,β-unsaturated/α-hetero) is 1. The highest BCUT2D eigenvalue weighted by atomic mass is 32.1. The molecular formula is C26H25FN2O2S. The van der Waals surface area contributed by atoms with Crippen LogP contribution in [0.5, 0.6) is 0 Å². The van der Waals surface area contributed by atoms with Gasteiger partial charge in [-0.25, -0.2) is 4.39 Å². The minimum Gasteiger partial charge on any atom is -0.294 e. The smallest absolute Gasteiger partial charge is 0.232 e. The van der Waals surface area contributed by atoms with Crippen LogP contribution in [0.2, 0.25) is 0 Å². The Morgan fingerprint density at radius 3 is 2.47 bits per heavy atom. The number of rotatable bonds is 2. The molecule has 0 bridgehead atoms. The molecule has 1 aromatic carbocycles. The molecule has 0 spiro atoms.